The lowest BCUT2D eigenvalue weighted by Crippen LogP contribution is -2.35. The van der Waals surface area contributed by atoms with Gasteiger partial charge >= 0.3 is 7.60 Å². The molecule has 3 nitrogen and oxygen atoms in total. The first-order valence-electron chi connectivity index (χ1n) is 11.0. The van der Waals surface area contributed by atoms with Crippen LogP contribution in [0.25, 0.3) is 10.8 Å². The number of benzene rings is 3. The van der Waals surface area contributed by atoms with Gasteiger partial charge in [-0.25, -0.2) is 4.57 Å². The average molecular weight is 423 g/mol. The first kappa shape index (κ1) is 21.2. The largest absolute Gasteiger partial charge is 0.421 e. The van der Waals surface area contributed by atoms with Crippen LogP contribution in [0.4, 0.5) is 0 Å². The highest BCUT2D eigenvalue weighted by atomic mass is 31.2. The monoisotopic (exact) mass is 422 g/mol. The van der Waals surface area contributed by atoms with Gasteiger partial charge in [-0.05, 0) is 54.2 Å². The quantitative estimate of drug-likeness (QED) is 0.394. The molecule has 158 valence electrons. The number of hydrogen-bond donors (Lipinski definition) is 0. The summed E-state index contributed by atoms with van der Waals surface area (Å²) < 4.78 is 27.1. The maximum Gasteiger partial charge on any atom is 0.411 e. The molecule has 3 aromatic carbocycles. The lowest BCUT2D eigenvalue weighted by Gasteiger charge is -2.38. The van der Waals surface area contributed by atoms with E-state index in [-0.39, 0.29) is 6.10 Å². The van der Waals surface area contributed by atoms with E-state index in [1.807, 2.05) is 72.8 Å². The van der Waals surface area contributed by atoms with Gasteiger partial charge in [-0.15, -0.1) is 0 Å². The Kier molecular flexibility index (Phi) is 6.32. The molecule has 1 fully saturated rings. The van der Waals surface area contributed by atoms with Crippen LogP contribution in [0.2, 0.25) is 0 Å². The predicted octanol–water partition coefficient (Wildman–Crippen LogP) is 7.21. The first-order chi connectivity index (χ1) is 14.5. The smallest absolute Gasteiger partial charge is 0.411 e. The Hall–Kier alpha value is -2.09. The Morgan fingerprint density at radius 2 is 1.60 bits per heavy atom. The summed E-state index contributed by atoms with van der Waals surface area (Å²) >= 11 is 0. The van der Waals surface area contributed by atoms with E-state index >= 15 is 0 Å². The average Bonchev–Trinajstić information content (AvgIpc) is 2.74. The molecule has 0 N–H and O–H groups in total. The lowest BCUT2D eigenvalue weighted by atomic mass is 9.75. The number of hydrogen-bond acceptors (Lipinski definition) is 3. The van der Waals surface area contributed by atoms with Crippen molar-refractivity contribution in [2.45, 2.75) is 46.1 Å². The summed E-state index contributed by atoms with van der Waals surface area (Å²) in [5.74, 6) is 2.02. The molecule has 0 aliphatic heterocycles. The Balaban J connectivity index is 1.73. The molecule has 4 heteroatoms. The Morgan fingerprint density at radius 1 is 0.900 bits per heavy atom. The lowest BCUT2D eigenvalue weighted by molar-refractivity contribution is 0.0415. The van der Waals surface area contributed by atoms with Gasteiger partial charge in [0.25, 0.3) is 0 Å². The van der Waals surface area contributed by atoms with Crippen LogP contribution in [0, 0.1) is 17.8 Å². The van der Waals surface area contributed by atoms with Gasteiger partial charge in [0.05, 0.1) is 11.4 Å². The number of rotatable bonds is 6. The molecule has 1 aliphatic rings. The molecule has 1 saturated carbocycles. The molecule has 3 aromatic rings. The zero-order valence-corrected chi connectivity index (χ0v) is 18.9. The second kappa shape index (κ2) is 8.96. The van der Waals surface area contributed by atoms with Crippen molar-refractivity contribution < 1.29 is 13.6 Å². The molecule has 30 heavy (non-hydrogen) atoms. The van der Waals surface area contributed by atoms with E-state index in [1.165, 1.54) is 6.42 Å². The fourth-order valence-electron chi connectivity index (χ4n) is 4.56. The summed E-state index contributed by atoms with van der Waals surface area (Å²) in [5.41, 5.74) is 0. The molecule has 0 amide bonds. The minimum Gasteiger partial charge on any atom is -0.421 e. The van der Waals surface area contributed by atoms with Crippen molar-refractivity contribution in [2.24, 2.45) is 17.8 Å². The van der Waals surface area contributed by atoms with Crippen molar-refractivity contribution in [3.05, 3.63) is 72.8 Å². The third-order valence-electron chi connectivity index (χ3n) is 6.28. The minimum absolute atomic E-state index is 0.0743. The van der Waals surface area contributed by atoms with Crippen molar-refractivity contribution in [1.82, 2.24) is 0 Å². The highest BCUT2D eigenvalue weighted by Crippen LogP contribution is 2.53. The van der Waals surface area contributed by atoms with Gasteiger partial charge in [0.2, 0.25) is 0 Å². The van der Waals surface area contributed by atoms with Gasteiger partial charge in [0.15, 0.2) is 0 Å². The van der Waals surface area contributed by atoms with Crippen LogP contribution in [-0.2, 0) is 9.09 Å². The molecule has 0 saturated heterocycles. The zero-order valence-electron chi connectivity index (χ0n) is 18.0. The summed E-state index contributed by atoms with van der Waals surface area (Å²) in [7, 11) is -3.57. The molecule has 0 bridgehead atoms. The number of fused-ring (bicyclic) bond motifs is 1. The second-order valence-electron chi connectivity index (χ2n) is 8.87. The molecule has 4 atom stereocenters. The van der Waals surface area contributed by atoms with Crippen molar-refractivity contribution in [2.75, 3.05) is 0 Å². The Labute approximate surface area is 180 Å². The van der Waals surface area contributed by atoms with E-state index in [0.29, 0.717) is 28.8 Å². The Bertz CT molecular complexity index is 1030. The first-order valence-corrected chi connectivity index (χ1v) is 12.5. The van der Waals surface area contributed by atoms with Gasteiger partial charge < -0.3 is 4.52 Å². The van der Waals surface area contributed by atoms with Crippen molar-refractivity contribution in [3.8, 4) is 5.75 Å². The molecule has 0 spiro atoms. The SMILES string of the molecule is CC(C)[C@@H]1CC[C@@H](C)C[C@H]1O[P@@](=O)(Oc1cccc2ccccc12)c1ccccc1. The molecule has 0 aromatic heterocycles. The van der Waals surface area contributed by atoms with Gasteiger partial charge in [-0.2, -0.15) is 0 Å². The van der Waals surface area contributed by atoms with Gasteiger partial charge in [-0.1, -0.05) is 81.8 Å². The van der Waals surface area contributed by atoms with Crippen LogP contribution < -0.4 is 9.83 Å². The highest BCUT2D eigenvalue weighted by molar-refractivity contribution is 7.62. The van der Waals surface area contributed by atoms with E-state index in [1.54, 1.807) is 0 Å². The van der Waals surface area contributed by atoms with E-state index in [9.17, 15) is 4.57 Å². The van der Waals surface area contributed by atoms with E-state index in [4.69, 9.17) is 9.05 Å². The summed E-state index contributed by atoms with van der Waals surface area (Å²) in [6.07, 6.45) is 3.14. The highest BCUT2D eigenvalue weighted by Gasteiger charge is 2.39. The van der Waals surface area contributed by atoms with Crippen LogP contribution in [-0.4, -0.2) is 6.10 Å². The van der Waals surface area contributed by atoms with E-state index in [2.05, 4.69) is 20.8 Å². The summed E-state index contributed by atoms with van der Waals surface area (Å²) in [4.78, 5) is 0. The van der Waals surface area contributed by atoms with Crippen LogP contribution in [0.3, 0.4) is 0 Å². The molecule has 0 radical (unpaired) electrons. The van der Waals surface area contributed by atoms with E-state index < -0.39 is 7.60 Å². The zero-order chi connectivity index (χ0) is 21.1. The minimum atomic E-state index is -3.57. The molecular formula is C26H31O3P. The Morgan fingerprint density at radius 3 is 2.37 bits per heavy atom. The van der Waals surface area contributed by atoms with Crippen molar-refractivity contribution in [1.29, 1.82) is 0 Å². The fraction of sp³-hybridized carbons (Fsp3) is 0.385. The summed E-state index contributed by atoms with van der Waals surface area (Å²) in [6, 6.07) is 23.3. The van der Waals surface area contributed by atoms with E-state index in [0.717, 1.165) is 23.6 Å². The van der Waals surface area contributed by atoms with Gasteiger partial charge in [0, 0.05) is 5.39 Å². The van der Waals surface area contributed by atoms with Crippen LogP contribution in [0.5, 0.6) is 5.75 Å². The summed E-state index contributed by atoms with van der Waals surface area (Å²) in [6.45, 7) is 6.72. The molecule has 1 aliphatic carbocycles. The normalized spacial score (nSPS) is 23.9. The predicted molar refractivity (Wildman–Crippen MR) is 124 cm³/mol. The summed E-state index contributed by atoms with van der Waals surface area (Å²) in [5, 5.41) is 2.61. The molecule has 0 unspecified atom stereocenters. The molecular weight excluding hydrogens is 391 g/mol. The third-order valence-corrected chi connectivity index (χ3v) is 8.19. The van der Waals surface area contributed by atoms with Gasteiger partial charge in [-0.3, -0.25) is 4.52 Å². The second-order valence-corrected chi connectivity index (χ2v) is 10.8. The van der Waals surface area contributed by atoms with Crippen LogP contribution in [0.15, 0.2) is 72.8 Å². The topological polar surface area (TPSA) is 35.5 Å². The fourth-order valence-corrected chi connectivity index (χ4v) is 6.39. The van der Waals surface area contributed by atoms with Crippen LogP contribution >= 0.6 is 7.60 Å². The standard InChI is InChI=1S/C26H31O3P/c1-19(2)23-17-16-20(3)18-26(23)29-30(27,22-12-5-4-6-13-22)28-25-15-9-11-21-10-7-8-14-24(21)25/h4-15,19-20,23,26H,16-18H2,1-3H3/t20-,23+,26-,30+/m1/s1. The maximum atomic E-state index is 14.3. The molecule has 0 heterocycles. The van der Waals surface area contributed by atoms with Crippen molar-refractivity contribution >= 4 is 23.7 Å². The third kappa shape index (κ3) is 4.48. The van der Waals surface area contributed by atoms with Crippen molar-refractivity contribution in [3.63, 3.8) is 0 Å². The maximum absolute atomic E-state index is 14.3. The van der Waals surface area contributed by atoms with Crippen LogP contribution in [0.1, 0.15) is 40.0 Å². The molecule has 4 rings (SSSR count). The van der Waals surface area contributed by atoms with Gasteiger partial charge in [0.1, 0.15) is 5.75 Å².